The van der Waals surface area contributed by atoms with E-state index in [1.165, 1.54) is 7.11 Å². The zero-order chi connectivity index (χ0) is 36.5. The Morgan fingerprint density at radius 2 is 1.37 bits per heavy atom. The van der Waals surface area contributed by atoms with Crippen LogP contribution < -0.4 is 30.2 Å². The van der Waals surface area contributed by atoms with Crippen LogP contribution in [-0.2, 0) is 20.9 Å². The Kier molecular flexibility index (Phi) is 11.4. The number of benzene rings is 5. The lowest BCUT2D eigenvalue weighted by Gasteiger charge is -2.23. The van der Waals surface area contributed by atoms with Gasteiger partial charge in [-0.25, -0.2) is 4.79 Å². The fraction of sp³-hybridized carbons (Fsp3) is 0.214. The highest BCUT2D eigenvalue weighted by Crippen LogP contribution is 2.44. The van der Waals surface area contributed by atoms with E-state index in [4.69, 9.17) is 18.9 Å². The topological polar surface area (TPSA) is 124 Å². The van der Waals surface area contributed by atoms with Crippen LogP contribution in [0.1, 0.15) is 45.3 Å². The Hall–Kier alpha value is -6.29. The molecule has 0 saturated carbocycles. The van der Waals surface area contributed by atoms with Crippen molar-refractivity contribution in [3.05, 3.63) is 149 Å². The SMILES string of the molecule is COc1ccc(C(NC(=O)CNC(=O)OCC2c3ccccc3-c3ccccc32)c2ccc(OCC(=O)NCc3ccc(C)cc3)cc2)c(OC)c1. The largest absolute Gasteiger partial charge is 0.497 e. The molecule has 3 N–H and O–H groups in total. The number of aryl methyl sites for hydroxylation is 1. The van der Waals surface area contributed by atoms with Gasteiger partial charge in [-0.2, -0.15) is 0 Å². The molecule has 1 atom stereocenters. The Morgan fingerprint density at radius 3 is 2.02 bits per heavy atom. The normalized spacial score (nSPS) is 12.1. The minimum atomic E-state index is -0.694. The fourth-order valence-electron chi connectivity index (χ4n) is 6.27. The number of carbonyl (C=O) groups is 3. The van der Waals surface area contributed by atoms with Crippen molar-refractivity contribution in [3.63, 3.8) is 0 Å². The monoisotopic (exact) mass is 699 g/mol. The smallest absolute Gasteiger partial charge is 0.407 e. The molecule has 0 heterocycles. The number of alkyl carbamates (subject to hydrolysis) is 1. The van der Waals surface area contributed by atoms with Crippen LogP contribution >= 0.6 is 0 Å². The number of amides is 3. The molecule has 3 amide bonds. The summed E-state index contributed by atoms with van der Waals surface area (Å²) in [5.41, 5.74) is 8.00. The first kappa shape index (κ1) is 35.5. The van der Waals surface area contributed by atoms with Crippen LogP contribution in [0.4, 0.5) is 4.79 Å². The van der Waals surface area contributed by atoms with Crippen molar-refractivity contribution in [2.75, 3.05) is 34.0 Å². The number of nitrogens with one attached hydrogen (secondary N) is 3. The molecule has 0 aromatic heterocycles. The Morgan fingerprint density at radius 1 is 0.712 bits per heavy atom. The molecule has 0 radical (unpaired) electrons. The van der Waals surface area contributed by atoms with Gasteiger partial charge in [-0.05, 0) is 64.6 Å². The van der Waals surface area contributed by atoms with Crippen LogP contribution in [-0.4, -0.2) is 51.9 Å². The third-order valence-corrected chi connectivity index (χ3v) is 8.99. The Bertz CT molecular complexity index is 1980. The molecule has 0 fully saturated rings. The number of hydrogen-bond donors (Lipinski definition) is 3. The van der Waals surface area contributed by atoms with Gasteiger partial charge in [0.05, 0.1) is 20.3 Å². The maximum atomic E-state index is 13.3. The van der Waals surface area contributed by atoms with E-state index in [0.29, 0.717) is 34.9 Å². The molecule has 0 spiro atoms. The molecule has 10 heteroatoms. The van der Waals surface area contributed by atoms with Crippen molar-refractivity contribution < 1.29 is 33.3 Å². The van der Waals surface area contributed by atoms with E-state index in [1.54, 1.807) is 43.5 Å². The van der Waals surface area contributed by atoms with Gasteiger partial charge in [0.1, 0.15) is 30.4 Å². The van der Waals surface area contributed by atoms with Crippen molar-refractivity contribution in [1.82, 2.24) is 16.0 Å². The lowest BCUT2D eigenvalue weighted by atomic mass is 9.97. The maximum Gasteiger partial charge on any atom is 0.407 e. The van der Waals surface area contributed by atoms with Crippen molar-refractivity contribution in [3.8, 4) is 28.4 Å². The summed E-state index contributed by atoms with van der Waals surface area (Å²) in [6.45, 7) is 2.08. The summed E-state index contributed by atoms with van der Waals surface area (Å²) in [5, 5.41) is 8.46. The van der Waals surface area contributed by atoms with Crippen LogP contribution in [0.2, 0.25) is 0 Å². The molecule has 5 aromatic carbocycles. The number of ether oxygens (including phenoxy) is 4. The molecule has 0 aliphatic heterocycles. The lowest BCUT2D eigenvalue weighted by Crippen LogP contribution is -2.39. The van der Waals surface area contributed by atoms with Gasteiger partial charge in [-0.15, -0.1) is 0 Å². The average molecular weight is 700 g/mol. The maximum absolute atomic E-state index is 13.3. The first-order valence-electron chi connectivity index (χ1n) is 17.0. The van der Waals surface area contributed by atoms with Crippen molar-refractivity contribution >= 4 is 17.9 Å². The van der Waals surface area contributed by atoms with Gasteiger partial charge in [-0.3, -0.25) is 9.59 Å². The summed E-state index contributed by atoms with van der Waals surface area (Å²) < 4.78 is 22.4. The van der Waals surface area contributed by atoms with E-state index in [1.807, 2.05) is 73.7 Å². The van der Waals surface area contributed by atoms with Crippen molar-refractivity contribution in [2.45, 2.75) is 25.4 Å². The summed E-state index contributed by atoms with van der Waals surface area (Å²) in [4.78, 5) is 38.6. The first-order chi connectivity index (χ1) is 25.3. The highest BCUT2D eigenvalue weighted by molar-refractivity contribution is 5.83. The molecular weight excluding hydrogens is 658 g/mol. The van der Waals surface area contributed by atoms with E-state index in [-0.39, 0.29) is 31.6 Å². The van der Waals surface area contributed by atoms with E-state index in [9.17, 15) is 14.4 Å². The minimum Gasteiger partial charge on any atom is -0.497 e. The molecule has 1 unspecified atom stereocenters. The predicted octanol–water partition coefficient (Wildman–Crippen LogP) is 6.45. The molecule has 1 aliphatic carbocycles. The quantitative estimate of drug-likeness (QED) is 0.122. The summed E-state index contributed by atoms with van der Waals surface area (Å²) in [5.74, 6) is 0.784. The van der Waals surface area contributed by atoms with E-state index >= 15 is 0 Å². The minimum absolute atomic E-state index is 0.0982. The summed E-state index contributed by atoms with van der Waals surface area (Å²) in [6.07, 6.45) is -0.694. The Labute approximate surface area is 303 Å². The average Bonchev–Trinajstić information content (AvgIpc) is 3.50. The van der Waals surface area contributed by atoms with Gasteiger partial charge >= 0.3 is 6.09 Å². The zero-order valence-corrected chi connectivity index (χ0v) is 29.3. The molecule has 5 aromatic rings. The van der Waals surface area contributed by atoms with Gasteiger partial charge in [-0.1, -0.05) is 90.5 Å². The molecule has 1 aliphatic rings. The lowest BCUT2D eigenvalue weighted by molar-refractivity contribution is -0.123. The van der Waals surface area contributed by atoms with Crippen LogP contribution in [0.3, 0.4) is 0 Å². The molecule has 10 nitrogen and oxygen atoms in total. The number of hydrogen-bond acceptors (Lipinski definition) is 7. The first-order valence-corrected chi connectivity index (χ1v) is 17.0. The number of carbonyl (C=O) groups excluding carboxylic acids is 3. The molecule has 52 heavy (non-hydrogen) atoms. The Balaban J connectivity index is 1.07. The second-order valence-electron chi connectivity index (χ2n) is 12.4. The molecule has 266 valence electrons. The van der Waals surface area contributed by atoms with E-state index in [0.717, 1.165) is 33.4 Å². The van der Waals surface area contributed by atoms with Gasteiger partial charge in [0, 0.05) is 24.1 Å². The number of methoxy groups -OCH3 is 2. The van der Waals surface area contributed by atoms with Gasteiger partial charge in [0.15, 0.2) is 6.61 Å². The van der Waals surface area contributed by atoms with E-state index < -0.39 is 18.0 Å². The highest BCUT2D eigenvalue weighted by atomic mass is 16.5. The molecule has 6 rings (SSSR count). The number of fused-ring (bicyclic) bond motifs is 3. The van der Waals surface area contributed by atoms with Gasteiger partial charge < -0.3 is 34.9 Å². The van der Waals surface area contributed by atoms with Crippen molar-refractivity contribution in [2.24, 2.45) is 0 Å². The van der Waals surface area contributed by atoms with Crippen LogP contribution in [0, 0.1) is 6.92 Å². The third kappa shape index (κ3) is 8.53. The summed E-state index contributed by atoms with van der Waals surface area (Å²) in [6, 6.07) is 35.8. The second-order valence-corrected chi connectivity index (χ2v) is 12.4. The zero-order valence-electron chi connectivity index (χ0n) is 29.3. The third-order valence-electron chi connectivity index (χ3n) is 8.99. The van der Waals surface area contributed by atoms with Gasteiger partial charge in [0.25, 0.3) is 5.91 Å². The fourth-order valence-corrected chi connectivity index (χ4v) is 6.27. The van der Waals surface area contributed by atoms with E-state index in [2.05, 4.69) is 28.1 Å². The van der Waals surface area contributed by atoms with Crippen LogP contribution in [0.5, 0.6) is 17.2 Å². The van der Waals surface area contributed by atoms with Gasteiger partial charge in [0.2, 0.25) is 5.91 Å². The molecule has 0 saturated heterocycles. The van der Waals surface area contributed by atoms with Crippen LogP contribution in [0.25, 0.3) is 11.1 Å². The van der Waals surface area contributed by atoms with Crippen LogP contribution in [0.15, 0.2) is 115 Å². The molecule has 0 bridgehead atoms. The predicted molar refractivity (Wildman–Crippen MR) is 198 cm³/mol. The second kappa shape index (κ2) is 16.6. The summed E-state index contributed by atoms with van der Waals surface area (Å²) >= 11 is 0. The highest BCUT2D eigenvalue weighted by Gasteiger charge is 2.29. The molecular formula is C42H41N3O7. The standard InChI is InChI=1S/C42H41N3O7/c1-27-12-14-28(15-13-27)23-43-40(47)26-51-30-18-16-29(17-19-30)41(36-21-20-31(49-2)22-38(36)50-3)45-39(46)24-44-42(48)52-25-37-34-10-6-4-8-32(34)33-9-5-7-11-35(33)37/h4-22,37,41H,23-26H2,1-3H3,(H,43,47)(H,44,48)(H,45,46). The number of rotatable bonds is 14. The summed E-state index contributed by atoms with van der Waals surface area (Å²) in [7, 11) is 3.10. The van der Waals surface area contributed by atoms with Crippen molar-refractivity contribution in [1.29, 1.82) is 0 Å².